The van der Waals surface area contributed by atoms with Gasteiger partial charge < -0.3 is 15.1 Å². The van der Waals surface area contributed by atoms with Crippen LogP contribution in [-0.4, -0.2) is 60.9 Å². The Morgan fingerprint density at radius 1 is 1.27 bits per heavy atom. The molecule has 0 saturated carbocycles. The summed E-state index contributed by atoms with van der Waals surface area (Å²) >= 11 is 0. The predicted octanol–water partition coefficient (Wildman–Crippen LogP) is -0.961. The molecule has 2 aliphatic rings. The highest BCUT2D eigenvalue weighted by Gasteiger charge is 2.34. The second kappa shape index (κ2) is 4.18. The van der Waals surface area contributed by atoms with E-state index in [0.717, 1.165) is 25.9 Å². The Morgan fingerprint density at radius 2 is 2.07 bits per heavy atom. The highest BCUT2D eigenvalue weighted by atomic mass is 16.2. The van der Waals surface area contributed by atoms with Crippen LogP contribution in [0.3, 0.4) is 0 Å². The Balaban J connectivity index is 2.02. The van der Waals surface area contributed by atoms with Crippen LogP contribution in [-0.2, 0) is 9.59 Å². The maximum Gasteiger partial charge on any atom is 0.312 e. The van der Waals surface area contributed by atoms with Crippen LogP contribution in [0, 0.1) is 0 Å². The highest BCUT2D eigenvalue weighted by molar-refractivity contribution is 6.35. The van der Waals surface area contributed by atoms with Crippen molar-refractivity contribution < 1.29 is 9.59 Å². The van der Waals surface area contributed by atoms with E-state index in [0.29, 0.717) is 13.1 Å². The van der Waals surface area contributed by atoms with Crippen molar-refractivity contribution in [1.29, 1.82) is 0 Å². The number of piperidine rings is 1. The lowest BCUT2D eigenvalue weighted by Crippen LogP contribution is -2.59. The molecule has 0 aromatic carbocycles. The first-order valence-corrected chi connectivity index (χ1v) is 5.47. The van der Waals surface area contributed by atoms with Gasteiger partial charge in [-0.3, -0.25) is 9.59 Å². The predicted molar refractivity (Wildman–Crippen MR) is 55.2 cm³/mol. The lowest BCUT2D eigenvalue weighted by atomic mass is 10.0. The fourth-order valence-electron chi connectivity index (χ4n) is 2.19. The average Bonchev–Trinajstić information content (AvgIpc) is 2.27. The molecular formula is C10H17N3O2. The number of rotatable bonds is 1. The van der Waals surface area contributed by atoms with Gasteiger partial charge >= 0.3 is 11.8 Å². The summed E-state index contributed by atoms with van der Waals surface area (Å²) in [7, 11) is 1.68. The number of amides is 2. The average molecular weight is 211 g/mol. The number of carbonyl (C=O) groups excluding carboxylic acids is 2. The molecule has 2 aliphatic heterocycles. The van der Waals surface area contributed by atoms with E-state index in [4.69, 9.17) is 0 Å². The molecule has 0 aromatic rings. The van der Waals surface area contributed by atoms with Gasteiger partial charge in [-0.15, -0.1) is 0 Å². The number of piperazine rings is 1. The van der Waals surface area contributed by atoms with E-state index in [-0.39, 0.29) is 17.9 Å². The lowest BCUT2D eigenvalue weighted by Gasteiger charge is -2.38. The molecule has 0 aromatic heterocycles. The summed E-state index contributed by atoms with van der Waals surface area (Å²) in [6, 6.07) is 0.212. The van der Waals surface area contributed by atoms with E-state index < -0.39 is 0 Å². The quantitative estimate of drug-likeness (QED) is 0.568. The van der Waals surface area contributed by atoms with Gasteiger partial charge in [0, 0.05) is 32.7 Å². The molecule has 1 atom stereocenters. The normalized spacial score (nSPS) is 28.5. The molecule has 1 N–H and O–H groups in total. The van der Waals surface area contributed by atoms with Crippen molar-refractivity contribution in [2.45, 2.75) is 18.9 Å². The maximum absolute atomic E-state index is 11.7. The van der Waals surface area contributed by atoms with Crippen molar-refractivity contribution in [3.63, 3.8) is 0 Å². The fraction of sp³-hybridized carbons (Fsp3) is 0.800. The van der Waals surface area contributed by atoms with Crippen LogP contribution in [0.15, 0.2) is 0 Å². The molecule has 0 spiro atoms. The summed E-state index contributed by atoms with van der Waals surface area (Å²) in [6.07, 6.45) is 2.09. The summed E-state index contributed by atoms with van der Waals surface area (Å²) in [6.45, 7) is 3.17. The summed E-state index contributed by atoms with van der Waals surface area (Å²) in [4.78, 5) is 26.5. The number of carbonyl (C=O) groups is 2. The molecule has 2 saturated heterocycles. The molecule has 0 radical (unpaired) electrons. The van der Waals surface area contributed by atoms with Gasteiger partial charge in [0.25, 0.3) is 0 Å². The Kier molecular flexibility index (Phi) is 2.90. The first-order chi connectivity index (χ1) is 7.20. The molecule has 15 heavy (non-hydrogen) atoms. The molecule has 84 valence electrons. The van der Waals surface area contributed by atoms with Gasteiger partial charge in [-0.1, -0.05) is 0 Å². The van der Waals surface area contributed by atoms with Crippen LogP contribution in [0.5, 0.6) is 0 Å². The van der Waals surface area contributed by atoms with Crippen molar-refractivity contribution in [2.75, 3.05) is 33.2 Å². The maximum atomic E-state index is 11.7. The zero-order valence-corrected chi connectivity index (χ0v) is 9.03. The van der Waals surface area contributed by atoms with Crippen LogP contribution in [0.1, 0.15) is 12.8 Å². The van der Waals surface area contributed by atoms with Crippen molar-refractivity contribution in [1.82, 2.24) is 15.1 Å². The first-order valence-electron chi connectivity index (χ1n) is 5.47. The van der Waals surface area contributed by atoms with E-state index in [1.165, 1.54) is 4.90 Å². The number of likely N-dealkylation sites (N-methyl/N-ethyl adjacent to an activating group) is 1. The number of nitrogens with one attached hydrogen (secondary N) is 1. The fourth-order valence-corrected chi connectivity index (χ4v) is 2.19. The SMILES string of the molecule is CN1CCN(C2CCCNC2)C(=O)C1=O. The van der Waals surface area contributed by atoms with E-state index in [2.05, 4.69) is 5.32 Å². The Labute approximate surface area is 89.4 Å². The van der Waals surface area contributed by atoms with Crippen molar-refractivity contribution in [2.24, 2.45) is 0 Å². The van der Waals surface area contributed by atoms with E-state index >= 15 is 0 Å². The molecule has 0 bridgehead atoms. The Bertz CT molecular complexity index is 274. The molecule has 2 rings (SSSR count). The van der Waals surface area contributed by atoms with Gasteiger partial charge in [-0.05, 0) is 19.4 Å². The van der Waals surface area contributed by atoms with Gasteiger partial charge in [0.2, 0.25) is 0 Å². The number of hydrogen-bond donors (Lipinski definition) is 1. The minimum Gasteiger partial charge on any atom is -0.336 e. The molecule has 5 heteroatoms. The third kappa shape index (κ3) is 1.97. The van der Waals surface area contributed by atoms with E-state index in [9.17, 15) is 9.59 Å². The molecule has 1 unspecified atom stereocenters. The Hall–Kier alpha value is -1.10. The highest BCUT2D eigenvalue weighted by Crippen LogP contribution is 2.14. The van der Waals surface area contributed by atoms with Crippen molar-refractivity contribution >= 4 is 11.8 Å². The van der Waals surface area contributed by atoms with Crippen LogP contribution >= 0.6 is 0 Å². The number of nitrogens with zero attached hydrogens (tertiary/aromatic N) is 2. The second-order valence-corrected chi connectivity index (χ2v) is 4.23. The van der Waals surface area contributed by atoms with Gasteiger partial charge in [-0.2, -0.15) is 0 Å². The van der Waals surface area contributed by atoms with Gasteiger partial charge in [0.15, 0.2) is 0 Å². The lowest BCUT2D eigenvalue weighted by molar-refractivity contribution is -0.156. The van der Waals surface area contributed by atoms with Crippen LogP contribution < -0.4 is 5.32 Å². The first kappa shape index (κ1) is 10.4. The molecule has 2 amide bonds. The third-order valence-electron chi connectivity index (χ3n) is 3.18. The summed E-state index contributed by atoms with van der Waals surface area (Å²) in [5, 5.41) is 3.26. The second-order valence-electron chi connectivity index (χ2n) is 4.23. The van der Waals surface area contributed by atoms with Crippen molar-refractivity contribution in [3.05, 3.63) is 0 Å². The minimum absolute atomic E-state index is 0.212. The number of hydrogen-bond acceptors (Lipinski definition) is 3. The molecule has 0 aliphatic carbocycles. The summed E-state index contributed by atoms with van der Waals surface area (Å²) in [5.41, 5.74) is 0. The van der Waals surface area contributed by atoms with E-state index in [1.807, 2.05) is 0 Å². The van der Waals surface area contributed by atoms with Gasteiger partial charge in [0.05, 0.1) is 0 Å². The van der Waals surface area contributed by atoms with Crippen LogP contribution in [0.4, 0.5) is 0 Å². The summed E-state index contributed by atoms with van der Waals surface area (Å²) < 4.78 is 0. The molecular weight excluding hydrogens is 194 g/mol. The minimum atomic E-state index is -0.369. The largest absolute Gasteiger partial charge is 0.336 e. The standard InChI is InChI=1S/C10H17N3O2/c1-12-5-6-13(10(15)9(12)14)8-3-2-4-11-7-8/h8,11H,2-7H2,1H3. The van der Waals surface area contributed by atoms with Crippen molar-refractivity contribution in [3.8, 4) is 0 Å². The monoisotopic (exact) mass is 211 g/mol. The van der Waals surface area contributed by atoms with E-state index in [1.54, 1.807) is 11.9 Å². The zero-order valence-electron chi connectivity index (χ0n) is 9.03. The zero-order chi connectivity index (χ0) is 10.8. The smallest absolute Gasteiger partial charge is 0.312 e. The third-order valence-corrected chi connectivity index (χ3v) is 3.18. The van der Waals surface area contributed by atoms with Gasteiger partial charge in [-0.25, -0.2) is 0 Å². The summed E-state index contributed by atoms with van der Waals surface area (Å²) in [5.74, 6) is -0.704. The van der Waals surface area contributed by atoms with Crippen LogP contribution in [0.25, 0.3) is 0 Å². The molecule has 2 heterocycles. The topological polar surface area (TPSA) is 52.6 Å². The molecule has 5 nitrogen and oxygen atoms in total. The molecule has 2 fully saturated rings. The van der Waals surface area contributed by atoms with Crippen LogP contribution in [0.2, 0.25) is 0 Å². The van der Waals surface area contributed by atoms with Gasteiger partial charge in [0.1, 0.15) is 0 Å². The Morgan fingerprint density at radius 3 is 2.73 bits per heavy atom.